The minimum Gasteiger partial charge on any atom is -0.398 e. The number of nitrogen functional groups attached to an aromatic ring is 1. The van der Waals surface area contributed by atoms with Crippen LogP contribution in [0.25, 0.3) is 10.9 Å². The topological polar surface area (TPSA) is 38.9 Å². The molecule has 0 radical (unpaired) electrons. The predicted molar refractivity (Wildman–Crippen MR) is 63.5 cm³/mol. The van der Waals surface area contributed by atoms with E-state index in [0.717, 1.165) is 10.0 Å². The first kappa shape index (κ1) is 11.3. The summed E-state index contributed by atoms with van der Waals surface area (Å²) in [5.74, 6) is 0. The van der Waals surface area contributed by atoms with E-state index in [1.165, 1.54) is 6.07 Å². The monoisotopic (exact) mass is 286 g/mol. The quantitative estimate of drug-likeness (QED) is 0.865. The first-order valence-electron chi connectivity index (χ1n) is 4.64. The first-order valence-corrected chi connectivity index (χ1v) is 5.43. The van der Waals surface area contributed by atoms with Gasteiger partial charge in [-0.25, -0.2) is 13.8 Å². The van der Waals surface area contributed by atoms with E-state index in [2.05, 4.69) is 20.9 Å². The number of alkyl halides is 2. The van der Waals surface area contributed by atoms with Crippen LogP contribution in [0.4, 0.5) is 14.5 Å². The number of halogens is 3. The average Bonchev–Trinajstić information content (AvgIpc) is 2.23. The third-order valence-electron chi connectivity index (χ3n) is 2.44. The zero-order chi connectivity index (χ0) is 11.9. The molecule has 5 heteroatoms. The summed E-state index contributed by atoms with van der Waals surface area (Å²) in [6.45, 7) is 1.81. The first-order chi connectivity index (χ1) is 7.50. The van der Waals surface area contributed by atoms with Gasteiger partial charge in [0.25, 0.3) is 6.43 Å². The Balaban J connectivity index is 2.83. The van der Waals surface area contributed by atoms with Crippen molar-refractivity contribution in [3.8, 4) is 0 Å². The van der Waals surface area contributed by atoms with E-state index in [9.17, 15) is 8.78 Å². The van der Waals surface area contributed by atoms with Gasteiger partial charge in [0.2, 0.25) is 0 Å². The molecule has 2 N–H and O–H groups in total. The minimum absolute atomic E-state index is 0.286. The highest BCUT2D eigenvalue weighted by Gasteiger charge is 2.13. The fraction of sp³-hybridized carbons (Fsp3) is 0.182. The summed E-state index contributed by atoms with van der Waals surface area (Å²) in [4.78, 5) is 3.94. The highest BCUT2D eigenvalue weighted by Crippen LogP contribution is 2.30. The van der Waals surface area contributed by atoms with Gasteiger partial charge in [0.1, 0.15) is 5.69 Å². The Labute approximate surface area is 99.6 Å². The van der Waals surface area contributed by atoms with Crippen molar-refractivity contribution < 1.29 is 8.78 Å². The van der Waals surface area contributed by atoms with E-state index in [-0.39, 0.29) is 5.69 Å². The molecule has 0 aliphatic rings. The molecule has 0 saturated carbocycles. The van der Waals surface area contributed by atoms with E-state index in [0.29, 0.717) is 16.6 Å². The number of hydrogen-bond donors (Lipinski definition) is 1. The summed E-state index contributed by atoms with van der Waals surface area (Å²) in [6.07, 6.45) is -2.61. The van der Waals surface area contributed by atoms with E-state index >= 15 is 0 Å². The molecule has 2 nitrogen and oxygen atoms in total. The van der Waals surface area contributed by atoms with Crippen LogP contribution in [-0.2, 0) is 0 Å². The fourth-order valence-corrected chi connectivity index (χ4v) is 1.88. The van der Waals surface area contributed by atoms with E-state index in [4.69, 9.17) is 5.73 Å². The molecule has 0 saturated heterocycles. The largest absolute Gasteiger partial charge is 0.398 e. The van der Waals surface area contributed by atoms with Crippen LogP contribution in [0, 0.1) is 6.92 Å². The maximum Gasteiger partial charge on any atom is 0.280 e. The van der Waals surface area contributed by atoms with Gasteiger partial charge >= 0.3 is 0 Å². The number of rotatable bonds is 1. The lowest BCUT2D eigenvalue weighted by Gasteiger charge is -2.08. The Hall–Kier alpha value is -1.23. The van der Waals surface area contributed by atoms with Crippen molar-refractivity contribution in [2.24, 2.45) is 0 Å². The lowest BCUT2D eigenvalue weighted by molar-refractivity contribution is 0.146. The second-order valence-corrected chi connectivity index (χ2v) is 4.36. The van der Waals surface area contributed by atoms with Crippen molar-refractivity contribution in [2.45, 2.75) is 13.3 Å². The SMILES string of the molecule is Cc1c(Br)ccc2c(N)cc(C(F)F)nc12. The van der Waals surface area contributed by atoms with Crippen molar-refractivity contribution in [2.75, 3.05) is 5.73 Å². The molecular formula is C11H9BrF2N2. The molecule has 0 bridgehead atoms. The van der Waals surface area contributed by atoms with Crippen LogP contribution in [0.3, 0.4) is 0 Å². The van der Waals surface area contributed by atoms with Gasteiger partial charge in [-0.3, -0.25) is 0 Å². The molecule has 0 unspecified atom stereocenters. The summed E-state index contributed by atoms with van der Waals surface area (Å²) < 4.78 is 26.0. The molecule has 1 heterocycles. The minimum atomic E-state index is -2.61. The normalized spacial score (nSPS) is 11.3. The molecular weight excluding hydrogens is 278 g/mol. The van der Waals surface area contributed by atoms with Crippen LogP contribution in [-0.4, -0.2) is 4.98 Å². The zero-order valence-electron chi connectivity index (χ0n) is 8.47. The zero-order valence-corrected chi connectivity index (χ0v) is 10.1. The standard InChI is InChI=1S/C11H9BrF2N2/c1-5-7(12)3-2-6-8(15)4-9(11(13)14)16-10(5)6/h2-4,11H,1H3,(H2,15,16). The van der Waals surface area contributed by atoms with E-state index in [1.54, 1.807) is 6.07 Å². The molecule has 2 aromatic rings. The molecule has 0 fully saturated rings. The van der Waals surface area contributed by atoms with Gasteiger partial charge in [-0.05, 0) is 30.7 Å². The van der Waals surface area contributed by atoms with Crippen molar-refractivity contribution in [1.29, 1.82) is 0 Å². The lowest BCUT2D eigenvalue weighted by Crippen LogP contribution is -1.97. The Morgan fingerprint density at radius 2 is 2.06 bits per heavy atom. The molecule has 0 aliphatic carbocycles. The van der Waals surface area contributed by atoms with Crippen LogP contribution in [0.15, 0.2) is 22.7 Å². The van der Waals surface area contributed by atoms with Gasteiger partial charge in [0.05, 0.1) is 5.52 Å². The van der Waals surface area contributed by atoms with Crippen LogP contribution < -0.4 is 5.73 Å². The predicted octanol–water partition coefficient (Wildman–Crippen LogP) is 3.83. The highest BCUT2D eigenvalue weighted by molar-refractivity contribution is 9.10. The molecule has 1 aromatic heterocycles. The molecule has 2 rings (SSSR count). The third-order valence-corrected chi connectivity index (χ3v) is 3.30. The number of benzene rings is 1. The molecule has 0 aliphatic heterocycles. The molecule has 0 amide bonds. The summed E-state index contributed by atoms with van der Waals surface area (Å²) >= 11 is 3.33. The maximum atomic E-state index is 12.6. The molecule has 84 valence electrons. The Bertz CT molecular complexity index is 555. The maximum absolute atomic E-state index is 12.6. The lowest BCUT2D eigenvalue weighted by atomic mass is 10.1. The second-order valence-electron chi connectivity index (χ2n) is 3.51. The van der Waals surface area contributed by atoms with E-state index in [1.807, 2.05) is 13.0 Å². The highest BCUT2D eigenvalue weighted by atomic mass is 79.9. The van der Waals surface area contributed by atoms with Gasteiger partial charge in [0, 0.05) is 15.5 Å². The third kappa shape index (κ3) is 1.75. The van der Waals surface area contributed by atoms with Gasteiger partial charge in [0.15, 0.2) is 0 Å². The van der Waals surface area contributed by atoms with Crippen LogP contribution in [0.1, 0.15) is 17.7 Å². The number of nitrogens with two attached hydrogens (primary N) is 1. The number of aromatic nitrogens is 1. The summed E-state index contributed by atoms with van der Waals surface area (Å²) in [5, 5.41) is 0.699. The number of hydrogen-bond acceptors (Lipinski definition) is 2. The Kier molecular flexibility index (Phi) is 2.80. The van der Waals surface area contributed by atoms with Crippen molar-refractivity contribution >= 4 is 32.5 Å². The van der Waals surface area contributed by atoms with Crippen molar-refractivity contribution in [3.05, 3.63) is 33.9 Å². The van der Waals surface area contributed by atoms with Crippen molar-refractivity contribution in [1.82, 2.24) is 4.98 Å². The molecule has 16 heavy (non-hydrogen) atoms. The molecule has 0 atom stereocenters. The summed E-state index contributed by atoms with van der Waals surface area (Å²) in [5.41, 5.74) is 7.10. The number of pyridine rings is 1. The Morgan fingerprint density at radius 1 is 1.38 bits per heavy atom. The second kappa shape index (κ2) is 3.97. The number of fused-ring (bicyclic) bond motifs is 1. The van der Waals surface area contributed by atoms with E-state index < -0.39 is 6.43 Å². The smallest absolute Gasteiger partial charge is 0.280 e. The van der Waals surface area contributed by atoms with Crippen molar-refractivity contribution in [3.63, 3.8) is 0 Å². The van der Waals surface area contributed by atoms with Gasteiger partial charge in [-0.1, -0.05) is 15.9 Å². The van der Waals surface area contributed by atoms with Crippen LogP contribution >= 0.6 is 15.9 Å². The summed E-state index contributed by atoms with van der Waals surface area (Å²) in [6, 6.07) is 4.82. The van der Waals surface area contributed by atoms with Gasteiger partial charge in [-0.2, -0.15) is 0 Å². The average molecular weight is 287 g/mol. The summed E-state index contributed by atoms with van der Waals surface area (Å²) in [7, 11) is 0. The molecule has 1 aromatic carbocycles. The number of aryl methyl sites for hydroxylation is 1. The van der Waals surface area contributed by atoms with Crippen LogP contribution in [0.2, 0.25) is 0 Å². The van der Waals surface area contributed by atoms with Gasteiger partial charge < -0.3 is 5.73 Å². The number of anilines is 1. The fourth-order valence-electron chi connectivity index (χ4n) is 1.56. The number of nitrogens with zero attached hydrogens (tertiary/aromatic N) is 1. The van der Waals surface area contributed by atoms with Crippen LogP contribution in [0.5, 0.6) is 0 Å². The van der Waals surface area contributed by atoms with Gasteiger partial charge in [-0.15, -0.1) is 0 Å². The Morgan fingerprint density at radius 3 is 2.69 bits per heavy atom. The molecule has 0 spiro atoms.